The van der Waals surface area contributed by atoms with Gasteiger partial charge in [0.15, 0.2) is 5.82 Å². The van der Waals surface area contributed by atoms with Crippen molar-refractivity contribution in [1.29, 1.82) is 0 Å². The number of hydrazine groups is 1. The second-order valence-electron chi connectivity index (χ2n) is 5.45. The zero-order valence-corrected chi connectivity index (χ0v) is 15.5. The van der Waals surface area contributed by atoms with E-state index in [4.69, 9.17) is 0 Å². The average Bonchev–Trinajstić information content (AvgIpc) is 2.89. The lowest BCUT2D eigenvalue weighted by molar-refractivity contribution is -0.390. The van der Waals surface area contributed by atoms with Crippen LogP contribution in [0.1, 0.15) is 5.69 Å². The van der Waals surface area contributed by atoms with E-state index in [0.717, 1.165) is 5.52 Å². The molecule has 10 nitrogen and oxygen atoms in total. The average molecular weight is 420 g/mol. The van der Waals surface area contributed by atoms with Crippen molar-refractivity contribution in [3.8, 4) is 0 Å². The van der Waals surface area contributed by atoms with E-state index in [2.05, 4.69) is 36.4 Å². The van der Waals surface area contributed by atoms with Crippen LogP contribution in [0.2, 0.25) is 0 Å². The van der Waals surface area contributed by atoms with Crippen LogP contribution in [0.5, 0.6) is 0 Å². The Kier molecular flexibility index (Phi) is 4.80. The normalized spacial score (nSPS) is 10.7. The molecule has 0 saturated heterocycles. The Bertz CT molecular complexity index is 1000. The molecule has 2 aromatic heterocycles. The van der Waals surface area contributed by atoms with Gasteiger partial charge in [-0.15, -0.1) is 0 Å². The second kappa shape index (κ2) is 7.04. The fraction of sp³-hybridized carbons (Fsp3) is 0.200. The molecule has 0 aliphatic carbocycles. The molecule has 0 radical (unpaired) electrons. The number of para-hydroxylation sites is 2. The van der Waals surface area contributed by atoms with Gasteiger partial charge in [0, 0.05) is 7.05 Å². The van der Waals surface area contributed by atoms with Crippen molar-refractivity contribution in [2.45, 2.75) is 13.5 Å². The molecule has 0 unspecified atom stereocenters. The van der Waals surface area contributed by atoms with Gasteiger partial charge in [-0.25, -0.2) is 4.98 Å². The van der Waals surface area contributed by atoms with Gasteiger partial charge in [0.1, 0.15) is 11.0 Å². The van der Waals surface area contributed by atoms with Crippen molar-refractivity contribution in [1.82, 2.24) is 25.2 Å². The SMILES string of the molecule is Cc1c(Br)c([N+](=O)[O-])nn1CC(=O)NN(C)c1cnc2ccccc2n1. The summed E-state index contributed by atoms with van der Waals surface area (Å²) in [4.78, 5) is 31.3. The molecule has 0 spiro atoms. The largest absolute Gasteiger partial charge is 0.404 e. The lowest BCUT2D eigenvalue weighted by Gasteiger charge is -2.18. The molecule has 0 bridgehead atoms. The summed E-state index contributed by atoms with van der Waals surface area (Å²) in [5.74, 6) is -0.277. The zero-order chi connectivity index (χ0) is 18.8. The summed E-state index contributed by atoms with van der Waals surface area (Å²) < 4.78 is 1.52. The number of halogens is 1. The highest BCUT2D eigenvalue weighted by molar-refractivity contribution is 9.10. The van der Waals surface area contributed by atoms with E-state index in [0.29, 0.717) is 17.0 Å². The number of amides is 1. The van der Waals surface area contributed by atoms with Crippen molar-refractivity contribution < 1.29 is 9.72 Å². The summed E-state index contributed by atoms with van der Waals surface area (Å²) in [5, 5.41) is 16.2. The predicted molar refractivity (Wildman–Crippen MR) is 97.4 cm³/mol. The molecule has 1 amide bonds. The maximum Gasteiger partial charge on any atom is 0.404 e. The molecule has 134 valence electrons. The second-order valence-corrected chi connectivity index (χ2v) is 6.24. The number of benzene rings is 1. The lowest BCUT2D eigenvalue weighted by atomic mass is 10.3. The van der Waals surface area contributed by atoms with Crippen molar-refractivity contribution in [2.24, 2.45) is 0 Å². The zero-order valence-electron chi connectivity index (χ0n) is 13.9. The number of aromatic nitrogens is 4. The minimum Gasteiger partial charge on any atom is -0.358 e. The summed E-state index contributed by atoms with van der Waals surface area (Å²) in [6.45, 7) is 1.46. The Balaban J connectivity index is 1.73. The number of fused-ring (bicyclic) bond motifs is 1. The standard InChI is InChI=1S/C15H14BrN7O3/c1-9-14(16)15(23(25)26)20-22(9)8-13(24)19-21(2)12-7-17-10-5-3-4-6-11(10)18-12/h3-7H,8H2,1-2H3,(H,19,24). The first-order valence-electron chi connectivity index (χ1n) is 7.49. The number of carbonyl (C=O) groups is 1. The van der Waals surface area contributed by atoms with E-state index in [1.54, 1.807) is 20.2 Å². The highest BCUT2D eigenvalue weighted by Crippen LogP contribution is 2.26. The minimum absolute atomic E-state index is 0.177. The minimum atomic E-state index is -0.609. The van der Waals surface area contributed by atoms with Crippen LogP contribution in [0.25, 0.3) is 11.0 Å². The van der Waals surface area contributed by atoms with E-state index in [1.165, 1.54) is 9.69 Å². The molecule has 0 aliphatic rings. The fourth-order valence-electron chi connectivity index (χ4n) is 2.30. The third-order valence-electron chi connectivity index (χ3n) is 3.65. The van der Waals surface area contributed by atoms with E-state index < -0.39 is 10.8 Å². The molecular weight excluding hydrogens is 406 g/mol. The van der Waals surface area contributed by atoms with Crippen LogP contribution < -0.4 is 10.4 Å². The van der Waals surface area contributed by atoms with Gasteiger partial charge >= 0.3 is 5.82 Å². The summed E-state index contributed by atoms with van der Waals surface area (Å²) in [7, 11) is 1.63. The topological polar surface area (TPSA) is 119 Å². The lowest BCUT2D eigenvalue weighted by Crippen LogP contribution is -2.42. The van der Waals surface area contributed by atoms with Gasteiger partial charge in [-0.3, -0.25) is 20.2 Å². The Labute approximate surface area is 156 Å². The van der Waals surface area contributed by atoms with Crippen LogP contribution in [0.3, 0.4) is 0 Å². The molecule has 0 fully saturated rings. The van der Waals surface area contributed by atoms with Crippen LogP contribution in [0, 0.1) is 17.0 Å². The van der Waals surface area contributed by atoms with Gasteiger partial charge in [0.2, 0.25) is 0 Å². The number of nitrogens with one attached hydrogen (secondary N) is 1. The van der Waals surface area contributed by atoms with Gasteiger partial charge in [-0.2, -0.15) is 4.68 Å². The van der Waals surface area contributed by atoms with E-state index in [-0.39, 0.29) is 16.8 Å². The molecule has 2 heterocycles. The molecule has 11 heteroatoms. The maximum absolute atomic E-state index is 12.3. The Hall–Kier alpha value is -3.08. The molecule has 3 rings (SSSR count). The van der Waals surface area contributed by atoms with Crippen molar-refractivity contribution in [2.75, 3.05) is 12.1 Å². The molecule has 0 aliphatic heterocycles. The van der Waals surface area contributed by atoms with E-state index >= 15 is 0 Å². The van der Waals surface area contributed by atoms with E-state index in [1.807, 2.05) is 24.3 Å². The molecule has 1 N–H and O–H groups in total. The third kappa shape index (κ3) is 3.47. The quantitative estimate of drug-likeness (QED) is 0.495. The monoisotopic (exact) mass is 419 g/mol. The molecule has 1 aromatic carbocycles. The van der Waals surface area contributed by atoms with E-state index in [9.17, 15) is 14.9 Å². The summed E-state index contributed by atoms with van der Waals surface area (Å²) in [5.41, 5.74) is 4.58. The summed E-state index contributed by atoms with van der Waals surface area (Å²) in [6.07, 6.45) is 1.54. The van der Waals surface area contributed by atoms with Crippen molar-refractivity contribution in [3.63, 3.8) is 0 Å². The van der Waals surface area contributed by atoms with Crippen LogP contribution in [0.4, 0.5) is 11.6 Å². The van der Waals surface area contributed by atoms with Gasteiger partial charge in [-0.05, 0) is 39.9 Å². The maximum atomic E-state index is 12.3. The molecule has 0 saturated carbocycles. The number of nitro groups is 1. The summed E-state index contributed by atoms with van der Waals surface area (Å²) in [6, 6.07) is 7.39. The first-order chi connectivity index (χ1) is 12.4. The Morgan fingerprint density at radius 3 is 2.73 bits per heavy atom. The number of anilines is 1. The number of hydrogen-bond donors (Lipinski definition) is 1. The van der Waals surface area contributed by atoms with Crippen LogP contribution >= 0.6 is 15.9 Å². The van der Waals surface area contributed by atoms with Gasteiger partial charge < -0.3 is 10.1 Å². The number of rotatable bonds is 5. The van der Waals surface area contributed by atoms with Crippen molar-refractivity contribution >= 4 is 44.5 Å². The number of carbonyl (C=O) groups excluding carboxylic acids is 1. The van der Waals surface area contributed by atoms with Crippen molar-refractivity contribution in [3.05, 3.63) is 50.7 Å². The van der Waals surface area contributed by atoms with Crippen LogP contribution in [-0.4, -0.2) is 37.6 Å². The number of hydrogen-bond acceptors (Lipinski definition) is 7. The first kappa shape index (κ1) is 17.7. The highest BCUT2D eigenvalue weighted by Gasteiger charge is 2.24. The van der Waals surface area contributed by atoms with Gasteiger partial charge in [0.05, 0.1) is 28.0 Å². The fourth-order valence-corrected chi connectivity index (χ4v) is 2.73. The Morgan fingerprint density at radius 2 is 2.08 bits per heavy atom. The first-order valence-corrected chi connectivity index (χ1v) is 8.28. The smallest absolute Gasteiger partial charge is 0.358 e. The third-order valence-corrected chi connectivity index (χ3v) is 4.58. The molecule has 26 heavy (non-hydrogen) atoms. The van der Waals surface area contributed by atoms with Gasteiger partial charge in [0.25, 0.3) is 5.91 Å². The number of nitrogens with zero attached hydrogens (tertiary/aromatic N) is 6. The van der Waals surface area contributed by atoms with Gasteiger partial charge in [-0.1, -0.05) is 12.1 Å². The highest BCUT2D eigenvalue weighted by atomic mass is 79.9. The molecule has 3 aromatic rings. The summed E-state index contributed by atoms with van der Waals surface area (Å²) >= 11 is 3.12. The predicted octanol–water partition coefficient (Wildman–Crippen LogP) is 1.97. The Morgan fingerprint density at radius 1 is 1.38 bits per heavy atom. The van der Waals surface area contributed by atoms with Crippen LogP contribution in [0.15, 0.2) is 34.9 Å². The molecule has 0 atom stereocenters. The van der Waals surface area contributed by atoms with Crippen LogP contribution in [-0.2, 0) is 11.3 Å². The molecular formula is C15H14BrN7O3.